The Bertz CT molecular complexity index is 2120. The van der Waals surface area contributed by atoms with Crippen molar-refractivity contribution in [3.8, 4) is 0 Å². The molecule has 0 aliphatic heterocycles. The molecular weight excluding hydrogens is 872 g/mol. The van der Waals surface area contributed by atoms with Gasteiger partial charge in [0.15, 0.2) is 0 Å². The van der Waals surface area contributed by atoms with Gasteiger partial charge in [-0.05, 0) is 95.3 Å². The molecule has 1 radical (unpaired) electrons. The average Bonchev–Trinajstić information content (AvgIpc) is 3.05. The van der Waals surface area contributed by atoms with Gasteiger partial charge < -0.3 is 22.8 Å². The molecule has 0 bridgehead atoms. The van der Waals surface area contributed by atoms with Crippen LogP contribution in [0.2, 0.25) is 0 Å². The summed E-state index contributed by atoms with van der Waals surface area (Å²) in [7, 11) is -21.3. The van der Waals surface area contributed by atoms with E-state index in [0.29, 0.717) is 0 Å². The maximum absolute atomic E-state index is 10.4. The summed E-state index contributed by atoms with van der Waals surface area (Å²) < 4.78 is 156. The Labute approximate surface area is 340 Å². The van der Waals surface area contributed by atoms with Crippen LogP contribution >= 0.6 is 0 Å². The van der Waals surface area contributed by atoms with Gasteiger partial charge in [0.2, 0.25) is 0 Å². The molecule has 0 atom stereocenters. The van der Waals surface area contributed by atoms with Crippen LogP contribution in [0.25, 0.3) is 0 Å². The Morgan fingerprint density at radius 2 is 0.339 bits per heavy atom. The Hall–Kier alpha value is -3.77. The van der Waals surface area contributed by atoms with Gasteiger partial charge >= 0.3 is 0 Å². The van der Waals surface area contributed by atoms with Crippen LogP contribution < -0.4 is 0 Å². The number of hydrogen-bond acceptors (Lipinski definition) is 15. The van der Waals surface area contributed by atoms with Gasteiger partial charge in [0, 0.05) is 18.6 Å². The topological polar surface area (TPSA) is 286 Å². The van der Waals surface area contributed by atoms with E-state index < -0.39 is 50.6 Å². The fourth-order valence-corrected chi connectivity index (χ4v) is 5.87. The molecule has 15 nitrogen and oxygen atoms in total. The molecule has 21 heteroatoms. The zero-order valence-electron chi connectivity index (χ0n) is 30.2. The Kier molecular flexibility index (Phi) is 20.8. The summed E-state index contributed by atoms with van der Waals surface area (Å²) in [5.41, 5.74) is 4.64. The zero-order chi connectivity index (χ0) is 42.4. The van der Waals surface area contributed by atoms with Crippen molar-refractivity contribution in [1.82, 2.24) is 0 Å². The van der Waals surface area contributed by atoms with Gasteiger partial charge in [0.25, 0.3) is 0 Å². The van der Waals surface area contributed by atoms with E-state index in [1.54, 1.807) is 60.7 Å². The second-order valence-corrected chi connectivity index (χ2v) is 18.2. The van der Waals surface area contributed by atoms with Crippen molar-refractivity contribution in [2.45, 2.75) is 59.1 Å². The minimum atomic E-state index is -4.27. The molecule has 0 aromatic heterocycles. The molecule has 0 aliphatic rings. The first-order valence-electron chi connectivity index (χ1n) is 15.1. The van der Waals surface area contributed by atoms with Crippen LogP contribution in [0.1, 0.15) is 27.8 Å². The van der Waals surface area contributed by atoms with Crippen molar-refractivity contribution in [3.05, 3.63) is 149 Å². The summed E-state index contributed by atoms with van der Waals surface area (Å²) in [4.78, 5) is -0.888. The predicted molar refractivity (Wildman–Crippen MR) is 196 cm³/mol. The van der Waals surface area contributed by atoms with E-state index in [9.17, 15) is 64.9 Å². The predicted octanol–water partition coefficient (Wildman–Crippen LogP) is 4.49. The second kappa shape index (κ2) is 22.2. The molecule has 0 N–H and O–H groups in total. The van der Waals surface area contributed by atoms with Crippen molar-refractivity contribution in [2.24, 2.45) is 0 Å². The molecule has 0 aliphatic carbocycles. The third kappa shape index (κ3) is 21.0. The van der Waals surface area contributed by atoms with E-state index in [2.05, 4.69) is 0 Å². The first-order valence-corrected chi connectivity index (χ1v) is 22.2. The van der Waals surface area contributed by atoms with E-state index in [1.165, 1.54) is 60.7 Å². The first-order chi connectivity index (χ1) is 25.0. The van der Waals surface area contributed by atoms with Crippen molar-refractivity contribution in [1.29, 1.82) is 0 Å². The third-order valence-electron chi connectivity index (χ3n) is 6.55. The van der Waals surface area contributed by atoms with Gasteiger partial charge in [-0.2, -0.15) is 0 Å². The van der Waals surface area contributed by atoms with Crippen molar-refractivity contribution in [3.63, 3.8) is 0 Å². The van der Waals surface area contributed by atoms with Crippen molar-refractivity contribution >= 4 is 50.6 Å². The van der Waals surface area contributed by atoms with E-state index in [1.807, 2.05) is 34.6 Å². The normalized spacial score (nSPS) is 11.2. The molecular formula is C35H35O15S5V-5. The fourth-order valence-electron chi connectivity index (χ4n) is 3.52. The molecule has 0 saturated heterocycles. The summed E-state index contributed by atoms with van der Waals surface area (Å²) in [6.07, 6.45) is 0. The second-order valence-electron chi connectivity index (χ2n) is 11.3. The monoisotopic (exact) mass is 906 g/mol. The van der Waals surface area contributed by atoms with Crippen LogP contribution in [0.5, 0.6) is 0 Å². The first kappa shape index (κ1) is 52.2. The number of hydrogen-bond donors (Lipinski definition) is 0. The van der Waals surface area contributed by atoms with Gasteiger partial charge in [-0.25, -0.2) is 42.1 Å². The molecule has 5 aromatic carbocycles. The Morgan fingerprint density at radius 3 is 0.411 bits per heavy atom. The quantitative estimate of drug-likeness (QED) is 0.220. The molecule has 56 heavy (non-hydrogen) atoms. The van der Waals surface area contributed by atoms with Gasteiger partial charge in [-0.15, -0.1) is 0 Å². The van der Waals surface area contributed by atoms with Gasteiger partial charge in [0.1, 0.15) is 50.6 Å². The maximum Gasteiger partial charge on any atom is 0.124 e. The van der Waals surface area contributed by atoms with Crippen LogP contribution in [0.15, 0.2) is 146 Å². The van der Waals surface area contributed by atoms with Gasteiger partial charge in [0.05, 0.1) is 24.5 Å². The summed E-state index contributed by atoms with van der Waals surface area (Å²) in [5.74, 6) is 0. The largest absolute Gasteiger partial charge is 0.744 e. The SMILES string of the molecule is Cc1ccc(S(=O)(=O)[O-])cc1.Cc1ccc(S(=O)(=O)[O-])cc1.Cc1ccc(S(=O)(=O)[O-])cc1.Cc1ccc(S(=O)(=O)[O-])cc1.Cc1ccc(S(=O)(=O)[O-])cc1.[V]. The smallest absolute Gasteiger partial charge is 0.124 e. The number of aryl methyl sites for hydroxylation is 5. The third-order valence-corrected chi connectivity index (χ3v) is 10.8. The van der Waals surface area contributed by atoms with E-state index in [0.717, 1.165) is 27.8 Å². The fraction of sp³-hybridized carbons (Fsp3) is 0.143. The van der Waals surface area contributed by atoms with Crippen molar-refractivity contribution < 1.29 is 83.4 Å². The summed E-state index contributed by atoms with van der Waals surface area (Å²) in [5, 5.41) is 0. The zero-order valence-corrected chi connectivity index (χ0v) is 35.6. The van der Waals surface area contributed by atoms with Gasteiger partial charge in [-0.1, -0.05) is 88.5 Å². The summed E-state index contributed by atoms with van der Waals surface area (Å²) >= 11 is 0. The number of rotatable bonds is 5. The Balaban J connectivity index is 0.000000672. The number of benzene rings is 5. The van der Waals surface area contributed by atoms with Crippen LogP contribution in [0, 0.1) is 34.6 Å². The summed E-state index contributed by atoms with van der Waals surface area (Å²) in [6.45, 7) is 9.10. The molecule has 0 spiro atoms. The van der Waals surface area contributed by atoms with Crippen LogP contribution in [-0.4, -0.2) is 64.9 Å². The van der Waals surface area contributed by atoms with Gasteiger partial charge in [-0.3, -0.25) is 0 Å². The molecule has 305 valence electrons. The minimum Gasteiger partial charge on any atom is -0.744 e. The van der Waals surface area contributed by atoms with Crippen LogP contribution in [0.3, 0.4) is 0 Å². The van der Waals surface area contributed by atoms with Crippen LogP contribution in [-0.2, 0) is 69.1 Å². The van der Waals surface area contributed by atoms with E-state index in [-0.39, 0.29) is 43.0 Å². The molecule has 5 rings (SSSR count). The Morgan fingerprint density at radius 1 is 0.250 bits per heavy atom. The molecule has 0 fully saturated rings. The van der Waals surface area contributed by atoms with Crippen molar-refractivity contribution in [2.75, 3.05) is 0 Å². The van der Waals surface area contributed by atoms with E-state index in [4.69, 9.17) is 0 Å². The molecule has 0 unspecified atom stereocenters. The molecule has 5 aromatic rings. The van der Waals surface area contributed by atoms with Crippen LogP contribution in [0.4, 0.5) is 0 Å². The maximum atomic E-state index is 10.4. The average molecular weight is 907 g/mol. The standard InChI is InChI=1S/5C7H8O3S.V/c5*1-6-2-4-7(5-3-6)11(8,9)10;/h5*2-5H,1H3,(H,8,9,10);/p-5. The van der Waals surface area contributed by atoms with E-state index >= 15 is 0 Å². The molecule has 0 amide bonds. The minimum absolute atomic E-state index is 0. The molecule has 0 saturated carbocycles. The summed E-state index contributed by atoms with van der Waals surface area (Å²) in [6, 6.07) is 28.9. The molecule has 0 heterocycles.